The second-order valence-electron chi connectivity index (χ2n) is 5.74. The molecule has 1 aromatic carbocycles. The lowest BCUT2D eigenvalue weighted by molar-refractivity contribution is -0.117. The second-order valence-corrected chi connectivity index (χ2v) is 5.74. The van der Waals surface area contributed by atoms with Crippen molar-refractivity contribution in [2.75, 3.05) is 6.54 Å². The largest absolute Gasteiger partial charge is 0.465 e. The number of fused-ring (bicyclic) bond motifs is 1. The number of amides is 1. The van der Waals surface area contributed by atoms with Crippen LogP contribution in [-0.4, -0.2) is 23.2 Å². The Kier molecular flexibility index (Phi) is 4.11. The van der Waals surface area contributed by atoms with Crippen molar-refractivity contribution in [2.24, 2.45) is 0 Å². The van der Waals surface area contributed by atoms with Crippen molar-refractivity contribution in [1.82, 2.24) is 5.32 Å². The van der Waals surface area contributed by atoms with Crippen LogP contribution < -0.4 is 5.32 Å². The van der Waals surface area contributed by atoms with Crippen LogP contribution in [0.15, 0.2) is 53.2 Å². The van der Waals surface area contributed by atoms with Crippen molar-refractivity contribution in [1.29, 1.82) is 0 Å². The molecule has 0 saturated heterocycles. The molecule has 4 nitrogen and oxygen atoms in total. The Balaban J connectivity index is 1.56. The van der Waals surface area contributed by atoms with Crippen LogP contribution in [0, 0.1) is 0 Å². The fourth-order valence-electron chi connectivity index (χ4n) is 2.79. The van der Waals surface area contributed by atoms with Gasteiger partial charge in [-0.05, 0) is 42.2 Å². The number of carbonyl (C=O) groups excluding carboxylic acids is 1. The highest BCUT2D eigenvalue weighted by atomic mass is 16.3. The molecule has 1 aliphatic carbocycles. The summed E-state index contributed by atoms with van der Waals surface area (Å²) in [6, 6.07) is 11.7. The lowest BCUT2D eigenvalue weighted by Crippen LogP contribution is -2.46. The Morgan fingerprint density at radius 2 is 2.09 bits per heavy atom. The summed E-state index contributed by atoms with van der Waals surface area (Å²) in [5.74, 6) is 0.393. The van der Waals surface area contributed by atoms with Gasteiger partial charge in [0.2, 0.25) is 5.91 Å². The van der Waals surface area contributed by atoms with Crippen LogP contribution in [0.4, 0.5) is 0 Å². The number of furan rings is 1. The predicted octanol–water partition coefficient (Wildman–Crippen LogP) is 2.33. The number of hydrogen-bond acceptors (Lipinski definition) is 3. The maximum atomic E-state index is 11.8. The molecule has 0 spiro atoms. The zero-order valence-corrected chi connectivity index (χ0v) is 12.3. The number of rotatable bonds is 4. The van der Waals surface area contributed by atoms with Crippen LogP contribution in [0.3, 0.4) is 0 Å². The predicted molar refractivity (Wildman–Crippen MR) is 84.2 cm³/mol. The van der Waals surface area contributed by atoms with Crippen LogP contribution in [0.2, 0.25) is 0 Å². The molecule has 0 bridgehead atoms. The lowest BCUT2D eigenvalue weighted by atomic mass is 9.80. The molecular formula is C18H19NO3. The van der Waals surface area contributed by atoms with Gasteiger partial charge in [-0.25, -0.2) is 0 Å². The third kappa shape index (κ3) is 3.46. The van der Waals surface area contributed by atoms with Gasteiger partial charge in [0.1, 0.15) is 5.76 Å². The van der Waals surface area contributed by atoms with Crippen molar-refractivity contribution >= 4 is 12.0 Å². The van der Waals surface area contributed by atoms with E-state index in [2.05, 4.69) is 11.4 Å². The van der Waals surface area contributed by atoms with E-state index in [0.717, 1.165) is 12.0 Å². The highest BCUT2D eigenvalue weighted by molar-refractivity contribution is 5.91. The molecule has 114 valence electrons. The van der Waals surface area contributed by atoms with Gasteiger partial charge in [0.05, 0.1) is 11.9 Å². The third-order valence-corrected chi connectivity index (χ3v) is 4.03. The molecule has 1 amide bonds. The third-order valence-electron chi connectivity index (χ3n) is 4.03. The van der Waals surface area contributed by atoms with Crippen molar-refractivity contribution in [3.63, 3.8) is 0 Å². The van der Waals surface area contributed by atoms with E-state index in [1.54, 1.807) is 24.5 Å². The summed E-state index contributed by atoms with van der Waals surface area (Å²) in [6.07, 6.45) is 6.65. The van der Waals surface area contributed by atoms with Crippen molar-refractivity contribution < 1.29 is 14.3 Å². The van der Waals surface area contributed by atoms with Crippen molar-refractivity contribution in [3.05, 3.63) is 65.6 Å². The summed E-state index contributed by atoms with van der Waals surface area (Å²) in [5, 5.41) is 13.4. The van der Waals surface area contributed by atoms with E-state index in [9.17, 15) is 9.90 Å². The van der Waals surface area contributed by atoms with E-state index in [1.165, 1.54) is 11.6 Å². The Morgan fingerprint density at radius 3 is 2.86 bits per heavy atom. The minimum Gasteiger partial charge on any atom is -0.465 e. The minimum atomic E-state index is -0.872. The van der Waals surface area contributed by atoms with Gasteiger partial charge in [0, 0.05) is 19.0 Å². The van der Waals surface area contributed by atoms with Crippen LogP contribution in [-0.2, 0) is 17.6 Å². The fraction of sp³-hybridized carbons (Fsp3) is 0.278. The van der Waals surface area contributed by atoms with Crippen LogP contribution in [0.5, 0.6) is 0 Å². The molecule has 0 radical (unpaired) electrons. The van der Waals surface area contributed by atoms with E-state index in [1.807, 2.05) is 18.2 Å². The number of aliphatic hydroxyl groups is 1. The summed E-state index contributed by atoms with van der Waals surface area (Å²) >= 11 is 0. The number of benzene rings is 1. The first-order chi connectivity index (χ1) is 10.6. The maximum Gasteiger partial charge on any atom is 0.244 e. The molecule has 1 aromatic heterocycles. The van der Waals surface area contributed by atoms with E-state index >= 15 is 0 Å². The zero-order chi connectivity index (χ0) is 15.4. The first-order valence-electron chi connectivity index (χ1n) is 7.43. The summed E-state index contributed by atoms with van der Waals surface area (Å²) < 4.78 is 5.12. The number of carbonyl (C=O) groups is 1. The molecule has 3 rings (SSSR count). The molecule has 2 aromatic rings. The Labute approximate surface area is 129 Å². The molecule has 2 N–H and O–H groups in total. The van der Waals surface area contributed by atoms with Gasteiger partial charge in [-0.3, -0.25) is 4.79 Å². The monoisotopic (exact) mass is 297 g/mol. The molecule has 0 fully saturated rings. The Morgan fingerprint density at radius 1 is 1.27 bits per heavy atom. The molecule has 4 heteroatoms. The minimum absolute atomic E-state index is 0.233. The topological polar surface area (TPSA) is 62.5 Å². The molecule has 0 aliphatic heterocycles. The van der Waals surface area contributed by atoms with Gasteiger partial charge >= 0.3 is 0 Å². The highest BCUT2D eigenvalue weighted by Crippen LogP contribution is 2.28. The van der Waals surface area contributed by atoms with Gasteiger partial charge in [0.15, 0.2) is 0 Å². The number of nitrogens with one attached hydrogen (secondary N) is 1. The molecule has 1 heterocycles. The molecule has 1 aliphatic rings. The molecule has 22 heavy (non-hydrogen) atoms. The first kappa shape index (κ1) is 14.6. The van der Waals surface area contributed by atoms with Crippen LogP contribution in [0.25, 0.3) is 6.08 Å². The SMILES string of the molecule is O=C(/C=C/c1ccco1)NC[C@]1(O)CCc2ccccc2C1. The zero-order valence-electron chi connectivity index (χ0n) is 12.3. The van der Waals surface area contributed by atoms with E-state index in [4.69, 9.17) is 4.42 Å². The van der Waals surface area contributed by atoms with Gasteiger partial charge < -0.3 is 14.8 Å². The smallest absolute Gasteiger partial charge is 0.244 e. The first-order valence-corrected chi connectivity index (χ1v) is 7.43. The van der Waals surface area contributed by atoms with Gasteiger partial charge in [-0.2, -0.15) is 0 Å². The summed E-state index contributed by atoms with van der Waals surface area (Å²) in [6.45, 7) is 0.253. The van der Waals surface area contributed by atoms with Gasteiger partial charge in [-0.15, -0.1) is 0 Å². The maximum absolute atomic E-state index is 11.8. The fourth-order valence-corrected chi connectivity index (χ4v) is 2.79. The van der Waals surface area contributed by atoms with Crippen LogP contribution in [0.1, 0.15) is 23.3 Å². The molecule has 1 atom stereocenters. The number of hydrogen-bond donors (Lipinski definition) is 2. The van der Waals surface area contributed by atoms with Crippen LogP contribution >= 0.6 is 0 Å². The van der Waals surface area contributed by atoms with E-state index in [-0.39, 0.29) is 12.5 Å². The summed E-state index contributed by atoms with van der Waals surface area (Å²) in [4.78, 5) is 11.8. The van der Waals surface area contributed by atoms with Gasteiger partial charge in [-0.1, -0.05) is 24.3 Å². The standard InChI is InChI=1S/C18H19NO3/c20-17(8-7-16-6-3-11-22-16)19-13-18(21)10-9-14-4-1-2-5-15(14)12-18/h1-8,11,21H,9-10,12-13H2,(H,19,20)/b8-7+/t18-/m0/s1. The highest BCUT2D eigenvalue weighted by Gasteiger charge is 2.31. The normalized spacial score (nSPS) is 20.8. The van der Waals surface area contributed by atoms with Gasteiger partial charge in [0.25, 0.3) is 0 Å². The van der Waals surface area contributed by atoms with Crippen molar-refractivity contribution in [3.8, 4) is 0 Å². The molecule has 0 unspecified atom stereocenters. The quantitative estimate of drug-likeness (QED) is 0.851. The molecule has 0 saturated carbocycles. The second kappa shape index (κ2) is 6.20. The Hall–Kier alpha value is -2.33. The molecular weight excluding hydrogens is 278 g/mol. The summed E-state index contributed by atoms with van der Waals surface area (Å²) in [5.41, 5.74) is 1.58. The average molecular weight is 297 g/mol. The van der Waals surface area contributed by atoms with Crippen molar-refractivity contribution in [2.45, 2.75) is 24.9 Å². The number of aryl methyl sites for hydroxylation is 1. The summed E-state index contributed by atoms with van der Waals surface area (Å²) in [7, 11) is 0. The van der Waals surface area contributed by atoms with E-state index < -0.39 is 5.60 Å². The lowest BCUT2D eigenvalue weighted by Gasteiger charge is -2.33. The average Bonchev–Trinajstić information content (AvgIpc) is 3.04. The van der Waals surface area contributed by atoms with E-state index in [0.29, 0.717) is 18.6 Å². The Bertz CT molecular complexity index is 675.